The van der Waals surface area contributed by atoms with E-state index in [1.54, 1.807) is 0 Å². The zero-order valence-corrected chi connectivity index (χ0v) is 13.1. The van der Waals surface area contributed by atoms with Crippen molar-refractivity contribution in [1.29, 1.82) is 0 Å². The molecule has 2 amide bonds. The number of hydrogen-bond acceptors (Lipinski definition) is 3. The van der Waals surface area contributed by atoms with E-state index in [-0.39, 0.29) is 17.9 Å². The molecule has 0 bridgehead atoms. The molecule has 1 aliphatic carbocycles. The van der Waals surface area contributed by atoms with Crippen molar-refractivity contribution >= 4 is 12.0 Å². The second-order valence-corrected chi connectivity index (χ2v) is 6.09. The van der Waals surface area contributed by atoms with Gasteiger partial charge in [0.1, 0.15) is 0 Å². The summed E-state index contributed by atoms with van der Waals surface area (Å²) in [7, 11) is 0. The Bertz CT molecular complexity index is 334. The number of carbonyl (C=O) groups excluding carboxylic acids is 1. The van der Waals surface area contributed by atoms with Crippen molar-refractivity contribution in [3.63, 3.8) is 0 Å². The largest absolute Gasteiger partial charge is 0.481 e. The van der Waals surface area contributed by atoms with Crippen molar-refractivity contribution in [3.8, 4) is 0 Å². The molecule has 0 radical (unpaired) electrons. The molecule has 2 unspecified atom stereocenters. The lowest BCUT2D eigenvalue weighted by molar-refractivity contribution is -0.142. The normalized spacial score (nSPS) is 21.5. The SMILES string of the molecule is CC(C)COCCCNC(=O)NCC1CCCC1C(=O)O. The number of nitrogens with one attached hydrogen (secondary N) is 2. The highest BCUT2D eigenvalue weighted by Crippen LogP contribution is 2.31. The van der Waals surface area contributed by atoms with Crippen LogP contribution in [0.3, 0.4) is 0 Å². The molecule has 0 aromatic rings. The molecule has 2 atom stereocenters. The maximum absolute atomic E-state index is 11.6. The van der Waals surface area contributed by atoms with Crippen LogP contribution in [0.25, 0.3) is 0 Å². The molecule has 21 heavy (non-hydrogen) atoms. The highest BCUT2D eigenvalue weighted by molar-refractivity contribution is 5.74. The van der Waals surface area contributed by atoms with Gasteiger partial charge in [-0.15, -0.1) is 0 Å². The van der Waals surface area contributed by atoms with E-state index in [1.165, 1.54) is 0 Å². The highest BCUT2D eigenvalue weighted by atomic mass is 16.5. The topological polar surface area (TPSA) is 87.7 Å². The van der Waals surface area contributed by atoms with Crippen LogP contribution in [-0.4, -0.2) is 43.4 Å². The molecule has 0 spiro atoms. The van der Waals surface area contributed by atoms with E-state index in [0.717, 1.165) is 32.3 Å². The van der Waals surface area contributed by atoms with Crippen LogP contribution < -0.4 is 10.6 Å². The van der Waals surface area contributed by atoms with Crippen LogP contribution >= 0.6 is 0 Å². The minimum Gasteiger partial charge on any atom is -0.481 e. The van der Waals surface area contributed by atoms with Gasteiger partial charge in [-0.25, -0.2) is 4.79 Å². The first-order valence-corrected chi connectivity index (χ1v) is 7.83. The van der Waals surface area contributed by atoms with Gasteiger partial charge in [-0.3, -0.25) is 4.79 Å². The summed E-state index contributed by atoms with van der Waals surface area (Å²) < 4.78 is 5.42. The molecular weight excluding hydrogens is 272 g/mol. The molecule has 122 valence electrons. The number of aliphatic carboxylic acids is 1. The van der Waals surface area contributed by atoms with Crippen LogP contribution in [-0.2, 0) is 9.53 Å². The fourth-order valence-electron chi connectivity index (χ4n) is 2.59. The number of carboxylic acid groups (broad SMARTS) is 1. The van der Waals surface area contributed by atoms with Gasteiger partial charge in [0.2, 0.25) is 0 Å². The summed E-state index contributed by atoms with van der Waals surface area (Å²) >= 11 is 0. The predicted molar refractivity (Wildman–Crippen MR) is 80.1 cm³/mol. The van der Waals surface area contributed by atoms with Crippen molar-refractivity contribution in [2.45, 2.75) is 39.5 Å². The minimum atomic E-state index is -0.748. The predicted octanol–water partition coefficient (Wildman–Crippen LogP) is 1.85. The summed E-state index contributed by atoms with van der Waals surface area (Å²) in [6.45, 7) is 6.58. The lowest BCUT2D eigenvalue weighted by atomic mass is 9.96. The van der Waals surface area contributed by atoms with Crippen molar-refractivity contribution in [1.82, 2.24) is 10.6 Å². The van der Waals surface area contributed by atoms with Crippen molar-refractivity contribution < 1.29 is 19.4 Å². The number of hydrogen-bond donors (Lipinski definition) is 3. The number of urea groups is 1. The van der Waals surface area contributed by atoms with E-state index in [4.69, 9.17) is 9.84 Å². The van der Waals surface area contributed by atoms with E-state index in [0.29, 0.717) is 25.6 Å². The van der Waals surface area contributed by atoms with E-state index < -0.39 is 5.97 Å². The van der Waals surface area contributed by atoms with Gasteiger partial charge in [-0.1, -0.05) is 20.3 Å². The minimum absolute atomic E-state index is 0.0580. The molecule has 1 rings (SSSR count). The van der Waals surface area contributed by atoms with Gasteiger partial charge < -0.3 is 20.5 Å². The summed E-state index contributed by atoms with van der Waals surface area (Å²) in [5.41, 5.74) is 0. The van der Waals surface area contributed by atoms with Gasteiger partial charge in [-0.2, -0.15) is 0 Å². The Morgan fingerprint density at radius 1 is 1.29 bits per heavy atom. The number of carboxylic acids is 1. The highest BCUT2D eigenvalue weighted by Gasteiger charge is 2.32. The van der Waals surface area contributed by atoms with Crippen LogP contribution in [0.4, 0.5) is 4.79 Å². The van der Waals surface area contributed by atoms with Crippen LogP contribution in [0.5, 0.6) is 0 Å². The van der Waals surface area contributed by atoms with Crippen LogP contribution in [0.1, 0.15) is 39.5 Å². The van der Waals surface area contributed by atoms with Gasteiger partial charge >= 0.3 is 12.0 Å². The zero-order valence-electron chi connectivity index (χ0n) is 13.1. The lowest BCUT2D eigenvalue weighted by Gasteiger charge is -2.16. The molecule has 6 nitrogen and oxygen atoms in total. The second-order valence-electron chi connectivity index (χ2n) is 6.09. The second kappa shape index (κ2) is 9.60. The van der Waals surface area contributed by atoms with E-state index in [9.17, 15) is 9.59 Å². The van der Waals surface area contributed by atoms with E-state index in [2.05, 4.69) is 24.5 Å². The average molecular weight is 300 g/mol. The first-order chi connectivity index (χ1) is 10.0. The van der Waals surface area contributed by atoms with Crippen LogP contribution in [0.2, 0.25) is 0 Å². The molecule has 0 aromatic carbocycles. The Morgan fingerprint density at radius 2 is 2.05 bits per heavy atom. The molecule has 1 aliphatic rings. The molecule has 0 aromatic heterocycles. The number of carbonyl (C=O) groups is 2. The molecule has 0 heterocycles. The lowest BCUT2D eigenvalue weighted by Crippen LogP contribution is -2.40. The number of rotatable bonds is 9. The van der Waals surface area contributed by atoms with Gasteiger partial charge in [0.25, 0.3) is 0 Å². The maximum atomic E-state index is 11.6. The average Bonchev–Trinajstić information content (AvgIpc) is 2.88. The summed E-state index contributed by atoms with van der Waals surface area (Å²) in [4.78, 5) is 22.6. The van der Waals surface area contributed by atoms with Gasteiger partial charge in [-0.05, 0) is 31.1 Å². The van der Waals surface area contributed by atoms with E-state index in [1.807, 2.05) is 0 Å². The van der Waals surface area contributed by atoms with Gasteiger partial charge in [0.05, 0.1) is 5.92 Å². The summed E-state index contributed by atoms with van der Waals surface area (Å²) in [6, 6.07) is -0.227. The first-order valence-electron chi connectivity index (χ1n) is 7.83. The Labute approximate surface area is 126 Å². The molecule has 0 aliphatic heterocycles. The molecular formula is C15H28N2O4. The molecule has 1 saturated carbocycles. The van der Waals surface area contributed by atoms with Crippen LogP contribution in [0.15, 0.2) is 0 Å². The summed E-state index contributed by atoms with van der Waals surface area (Å²) in [6.07, 6.45) is 3.30. The number of ether oxygens (including phenoxy) is 1. The van der Waals surface area contributed by atoms with Gasteiger partial charge in [0, 0.05) is 26.3 Å². The monoisotopic (exact) mass is 300 g/mol. The van der Waals surface area contributed by atoms with E-state index >= 15 is 0 Å². The third-order valence-electron chi connectivity index (χ3n) is 3.70. The molecule has 1 fully saturated rings. The fourth-order valence-corrected chi connectivity index (χ4v) is 2.59. The third-order valence-corrected chi connectivity index (χ3v) is 3.70. The molecule has 0 saturated heterocycles. The summed E-state index contributed by atoms with van der Waals surface area (Å²) in [5.74, 6) is -0.478. The zero-order chi connectivity index (χ0) is 15.7. The third kappa shape index (κ3) is 7.32. The van der Waals surface area contributed by atoms with Crippen molar-refractivity contribution in [3.05, 3.63) is 0 Å². The van der Waals surface area contributed by atoms with Crippen molar-refractivity contribution in [2.24, 2.45) is 17.8 Å². The Balaban J connectivity index is 2.05. The Morgan fingerprint density at radius 3 is 2.71 bits per heavy atom. The molecule has 3 N–H and O–H groups in total. The fraction of sp³-hybridized carbons (Fsp3) is 0.867. The summed E-state index contributed by atoms with van der Waals surface area (Å²) in [5, 5.41) is 14.6. The van der Waals surface area contributed by atoms with Crippen LogP contribution in [0, 0.1) is 17.8 Å². The number of amides is 2. The first kappa shape index (κ1) is 17.8. The quantitative estimate of drug-likeness (QED) is 0.567. The van der Waals surface area contributed by atoms with Crippen molar-refractivity contribution in [2.75, 3.05) is 26.3 Å². The van der Waals surface area contributed by atoms with Gasteiger partial charge in [0.15, 0.2) is 0 Å². The standard InChI is InChI=1S/C15H28N2O4/c1-11(2)10-21-8-4-7-16-15(20)17-9-12-5-3-6-13(12)14(18)19/h11-13H,3-10H2,1-2H3,(H,18,19)(H2,16,17,20). The maximum Gasteiger partial charge on any atom is 0.314 e. The molecule has 6 heteroatoms. The smallest absolute Gasteiger partial charge is 0.314 e. The Hall–Kier alpha value is -1.30. The Kier molecular flexibility index (Phi) is 8.12.